The number of phenols is 1. The molecule has 0 saturated carbocycles. The Balaban J connectivity index is 1.93. The van der Waals surface area contributed by atoms with Crippen LogP contribution in [-0.2, 0) is 5.41 Å². The molecule has 4 aromatic carbocycles. The van der Waals surface area contributed by atoms with Gasteiger partial charge in [-0.05, 0) is 40.8 Å². The summed E-state index contributed by atoms with van der Waals surface area (Å²) < 4.78 is 0. The number of hydrogen-bond acceptors (Lipinski definition) is 2. The van der Waals surface area contributed by atoms with Crippen molar-refractivity contribution in [1.29, 1.82) is 0 Å². The second-order valence-corrected chi connectivity index (χ2v) is 8.23. The second kappa shape index (κ2) is 6.02. The molecule has 1 N–H and O–H groups in total. The highest BCUT2D eigenvalue weighted by atomic mass is 35.5. The zero-order valence-corrected chi connectivity index (χ0v) is 16.5. The maximum atomic E-state index is 10.9. The van der Waals surface area contributed by atoms with E-state index in [2.05, 4.69) is 55.1 Å². The Labute approximate surface area is 169 Å². The molecule has 1 heterocycles. The minimum absolute atomic E-state index is 0.173. The van der Waals surface area contributed by atoms with E-state index < -0.39 is 0 Å². The van der Waals surface area contributed by atoms with Gasteiger partial charge in [0.15, 0.2) is 0 Å². The number of nitrogens with zero attached hydrogens (tertiary/aromatic N) is 1. The van der Waals surface area contributed by atoms with Gasteiger partial charge in [-0.15, -0.1) is 0 Å². The molecule has 3 heteroatoms. The van der Waals surface area contributed by atoms with E-state index in [1.54, 1.807) is 6.07 Å². The molecule has 0 fully saturated rings. The SMILES string of the molecule is CC1(C)c2ccccc2N(c2c(O)ccc3ccccc23)c2cc(Cl)ccc21. The third-order valence-electron chi connectivity index (χ3n) is 5.80. The Hall–Kier alpha value is -2.97. The molecule has 0 spiro atoms. The van der Waals surface area contributed by atoms with E-state index in [4.69, 9.17) is 11.6 Å². The van der Waals surface area contributed by atoms with E-state index >= 15 is 0 Å². The minimum Gasteiger partial charge on any atom is -0.506 e. The average molecular weight is 386 g/mol. The van der Waals surface area contributed by atoms with Crippen molar-refractivity contribution in [3.05, 3.63) is 95.0 Å². The van der Waals surface area contributed by atoms with E-state index in [-0.39, 0.29) is 11.2 Å². The van der Waals surface area contributed by atoms with Crippen LogP contribution in [0.2, 0.25) is 5.02 Å². The second-order valence-electron chi connectivity index (χ2n) is 7.79. The summed E-state index contributed by atoms with van der Waals surface area (Å²) in [5.74, 6) is 0.249. The molecule has 0 unspecified atom stereocenters. The van der Waals surface area contributed by atoms with E-state index in [9.17, 15) is 5.11 Å². The molecule has 0 radical (unpaired) electrons. The van der Waals surface area contributed by atoms with Gasteiger partial charge in [-0.3, -0.25) is 0 Å². The summed E-state index contributed by atoms with van der Waals surface area (Å²) in [4.78, 5) is 2.15. The smallest absolute Gasteiger partial charge is 0.140 e. The summed E-state index contributed by atoms with van der Waals surface area (Å²) in [6.45, 7) is 4.47. The van der Waals surface area contributed by atoms with Gasteiger partial charge in [0.2, 0.25) is 0 Å². The van der Waals surface area contributed by atoms with Crippen molar-refractivity contribution in [3.8, 4) is 5.75 Å². The molecule has 1 aliphatic heterocycles. The van der Waals surface area contributed by atoms with Gasteiger partial charge in [0, 0.05) is 15.8 Å². The number of fused-ring (bicyclic) bond motifs is 3. The van der Waals surface area contributed by atoms with Gasteiger partial charge in [-0.25, -0.2) is 0 Å². The highest BCUT2D eigenvalue weighted by molar-refractivity contribution is 6.31. The largest absolute Gasteiger partial charge is 0.506 e. The van der Waals surface area contributed by atoms with Crippen LogP contribution in [0.15, 0.2) is 78.9 Å². The maximum Gasteiger partial charge on any atom is 0.140 e. The van der Waals surface area contributed by atoms with Crippen LogP contribution in [0.25, 0.3) is 10.8 Å². The van der Waals surface area contributed by atoms with Crippen LogP contribution in [0.1, 0.15) is 25.0 Å². The molecule has 5 rings (SSSR count). The van der Waals surface area contributed by atoms with Crippen LogP contribution in [0.5, 0.6) is 5.75 Å². The molecule has 0 atom stereocenters. The van der Waals surface area contributed by atoms with Crippen LogP contribution in [0.4, 0.5) is 17.1 Å². The van der Waals surface area contributed by atoms with Crippen molar-refractivity contribution < 1.29 is 5.11 Å². The fourth-order valence-electron chi connectivity index (χ4n) is 4.41. The van der Waals surface area contributed by atoms with Crippen LogP contribution >= 0.6 is 11.6 Å². The summed E-state index contributed by atoms with van der Waals surface area (Å²) in [5.41, 5.74) is 5.08. The van der Waals surface area contributed by atoms with Gasteiger partial charge < -0.3 is 10.0 Å². The third-order valence-corrected chi connectivity index (χ3v) is 6.03. The molecular formula is C25H20ClNO. The molecule has 0 saturated heterocycles. The van der Waals surface area contributed by atoms with Gasteiger partial charge >= 0.3 is 0 Å². The molecule has 1 aliphatic rings. The van der Waals surface area contributed by atoms with E-state index in [1.165, 1.54) is 11.1 Å². The number of aromatic hydroxyl groups is 1. The molecule has 0 aliphatic carbocycles. The first kappa shape index (κ1) is 17.2. The molecular weight excluding hydrogens is 366 g/mol. The standard InChI is InChI=1S/C25H20ClNO/c1-25(2)19-9-5-6-10-21(19)27(22-15-17(26)12-13-20(22)25)24-18-8-4-3-7-16(18)11-14-23(24)28/h3-15,28H,1-2H3. The van der Waals surface area contributed by atoms with Crippen LogP contribution < -0.4 is 4.90 Å². The molecule has 138 valence electrons. The predicted molar refractivity (Wildman–Crippen MR) is 117 cm³/mol. The van der Waals surface area contributed by atoms with Gasteiger partial charge in [-0.1, -0.05) is 80.0 Å². The van der Waals surface area contributed by atoms with Crippen LogP contribution in [0, 0.1) is 0 Å². The summed E-state index contributed by atoms with van der Waals surface area (Å²) in [5, 5.41) is 13.7. The van der Waals surface area contributed by atoms with E-state index in [0.717, 1.165) is 27.8 Å². The number of phenolic OH excluding ortho intramolecular Hbond substituents is 1. The minimum atomic E-state index is -0.173. The van der Waals surface area contributed by atoms with Crippen molar-refractivity contribution in [2.24, 2.45) is 0 Å². The number of halogens is 1. The number of benzene rings is 4. The van der Waals surface area contributed by atoms with Crippen molar-refractivity contribution in [1.82, 2.24) is 0 Å². The lowest BCUT2D eigenvalue weighted by Crippen LogP contribution is -2.30. The van der Waals surface area contributed by atoms with Gasteiger partial charge in [-0.2, -0.15) is 0 Å². The Morgan fingerprint density at radius 1 is 0.786 bits per heavy atom. The third kappa shape index (κ3) is 2.35. The van der Waals surface area contributed by atoms with Crippen LogP contribution in [0.3, 0.4) is 0 Å². The van der Waals surface area contributed by atoms with Crippen LogP contribution in [-0.4, -0.2) is 5.11 Å². The van der Waals surface area contributed by atoms with Crippen molar-refractivity contribution in [2.75, 3.05) is 4.90 Å². The predicted octanol–water partition coefficient (Wildman–Crippen LogP) is 7.31. The molecule has 28 heavy (non-hydrogen) atoms. The topological polar surface area (TPSA) is 23.5 Å². The molecule has 0 aromatic heterocycles. The highest BCUT2D eigenvalue weighted by Crippen LogP contribution is 2.55. The lowest BCUT2D eigenvalue weighted by molar-refractivity contribution is 0.477. The summed E-state index contributed by atoms with van der Waals surface area (Å²) in [6.07, 6.45) is 0. The monoisotopic (exact) mass is 385 g/mol. The normalized spacial score (nSPS) is 14.6. The lowest BCUT2D eigenvalue weighted by atomic mass is 9.73. The van der Waals surface area contributed by atoms with Crippen molar-refractivity contribution in [3.63, 3.8) is 0 Å². The molecule has 4 aromatic rings. The number of para-hydroxylation sites is 1. The van der Waals surface area contributed by atoms with Crippen molar-refractivity contribution >= 4 is 39.4 Å². The van der Waals surface area contributed by atoms with E-state index in [1.807, 2.05) is 36.4 Å². The molecule has 0 bridgehead atoms. The first-order chi connectivity index (χ1) is 13.5. The Kier molecular flexibility index (Phi) is 3.68. The fourth-order valence-corrected chi connectivity index (χ4v) is 4.58. The summed E-state index contributed by atoms with van der Waals surface area (Å²) in [7, 11) is 0. The quantitative estimate of drug-likeness (QED) is 0.371. The summed E-state index contributed by atoms with van der Waals surface area (Å²) in [6, 6.07) is 26.3. The Morgan fingerprint density at radius 2 is 1.50 bits per heavy atom. The van der Waals surface area contributed by atoms with Gasteiger partial charge in [0.05, 0.1) is 17.1 Å². The summed E-state index contributed by atoms with van der Waals surface area (Å²) >= 11 is 6.42. The van der Waals surface area contributed by atoms with E-state index in [0.29, 0.717) is 5.02 Å². The van der Waals surface area contributed by atoms with Gasteiger partial charge in [0.25, 0.3) is 0 Å². The van der Waals surface area contributed by atoms with Gasteiger partial charge in [0.1, 0.15) is 5.75 Å². The Morgan fingerprint density at radius 3 is 2.36 bits per heavy atom. The highest BCUT2D eigenvalue weighted by Gasteiger charge is 2.37. The Bertz CT molecular complexity index is 1230. The molecule has 2 nitrogen and oxygen atoms in total. The van der Waals surface area contributed by atoms with Crippen molar-refractivity contribution in [2.45, 2.75) is 19.3 Å². The number of anilines is 3. The fraction of sp³-hybridized carbons (Fsp3) is 0.120. The zero-order valence-electron chi connectivity index (χ0n) is 15.8. The first-order valence-electron chi connectivity index (χ1n) is 9.39. The lowest BCUT2D eigenvalue weighted by Gasteiger charge is -2.42. The number of hydrogen-bond donors (Lipinski definition) is 1. The first-order valence-corrected chi connectivity index (χ1v) is 9.76. The average Bonchev–Trinajstić information content (AvgIpc) is 2.69. The zero-order chi connectivity index (χ0) is 19.5. The molecule has 0 amide bonds. The maximum absolute atomic E-state index is 10.9. The number of rotatable bonds is 1.